The Labute approximate surface area is 110 Å². The number of halogens is 1. The first-order chi connectivity index (χ1) is 8.16. The average Bonchev–Trinajstić information content (AvgIpc) is 2.68. The number of hydrogen-bond acceptors (Lipinski definition) is 3. The molecule has 17 heavy (non-hydrogen) atoms. The van der Waals surface area contributed by atoms with Crippen LogP contribution in [0.25, 0.3) is 0 Å². The highest BCUT2D eigenvalue weighted by molar-refractivity contribution is 7.99. The highest BCUT2D eigenvalue weighted by atomic mass is 35.5. The standard InChI is InChI=1S/C12H14ClN3S/c1-9-15-4-5-16(9)6-7-17-12-3-2-10(13)8-11(12)14/h2-5,8H,6-7,14H2,1H3. The first-order valence-electron chi connectivity index (χ1n) is 5.32. The van der Waals surface area contributed by atoms with Crippen molar-refractivity contribution in [3.8, 4) is 0 Å². The predicted molar refractivity (Wildman–Crippen MR) is 73.6 cm³/mol. The molecule has 0 radical (unpaired) electrons. The molecule has 2 rings (SSSR count). The van der Waals surface area contributed by atoms with E-state index in [2.05, 4.69) is 9.55 Å². The van der Waals surface area contributed by atoms with Gasteiger partial charge in [-0.3, -0.25) is 0 Å². The molecule has 0 atom stereocenters. The summed E-state index contributed by atoms with van der Waals surface area (Å²) in [6, 6.07) is 5.61. The molecule has 90 valence electrons. The molecule has 0 saturated carbocycles. The van der Waals surface area contributed by atoms with Crippen molar-refractivity contribution in [1.82, 2.24) is 9.55 Å². The van der Waals surface area contributed by atoms with Crippen LogP contribution in [0.4, 0.5) is 5.69 Å². The molecule has 0 aliphatic rings. The number of anilines is 1. The quantitative estimate of drug-likeness (QED) is 0.683. The van der Waals surface area contributed by atoms with E-state index in [0.717, 1.165) is 28.7 Å². The zero-order chi connectivity index (χ0) is 12.3. The zero-order valence-corrected chi connectivity index (χ0v) is 11.1. The monoisotopic (exact) mass is 267 g/mol. The van der Waals surface area contributed by atoms with Crippen LogP contribution in [0.3, 0.4) is 0 Å². The van der Waals surface area contributed by atoms with E-state index in [1.165, 1.54) is 0 Å². The van der Waals surface area contributed by atoms with Crippen LogP contribution in [0.1, 0.15) is 5.82 Å². The van der Waals surface area contributed by atoms with Crippen LogP contribution < -0.4 is 5.73 Å². The van der Waals surface area contributed by atoms with Crippen molar-refractivity contribution in [3.63, 3.8) is 0 Å². The molecule has 0 aliphatic carbocycles. The number of aryl methyl sites for hydroxylation is 2. The first-order valence-corrected chi connectivity index (χ1v) is 6.69. The molecule has 3 nitrogen and oxygen atoms in total. The highest BCUT2D eigenvalue weighted by Crippen LogP contribution is 2.27. The smallest absolute Gasteiger partial charge is 0.105 e. The lowest BCUT2D eigenvalue weighted by Gasteiger charge is -2.07. The summed E-state index contributed by atoms with van der Waals surface area (Å²) in [7, 11) is 0. The van der Waals surface area contributed by atoms with E-state index in [9.17, 15) is 0 Å². The van der Waals surface area contributed by atoms with E-state index in [4.69, 9.17) is 17.3 Å². The number of benzene rings is 1. The van der Waals surface area contributed by atoms with Gasteiger partial charge in [-0.15, -0.1) is 11.8 Å². The van der Waals surface area contributed by atoms with Gasteiger partial charge < -0.3 is 10.3 Å². The molecule has 0 saturated heterocycles. The third-order valence-electron chi connectivity index (χ3n) is 2.49. The minimum atomic E-state index is 0.678. The van der Waals surface area contributed by atoms with Gasteiger partial charge >= 0.3 is 0 Å². The fourth-order valence-corrected chi connectivity index (χ4v) is 2.62. The van der Waals surface area contributed by atoms with Crippen LogP contribution in [0, 0.1) is 6.92 Å². The van der Waals surface area contributed by atoms with Crippen molar-refractivity contribution >= 4 is 29.1 Å². The molecule has 0 aliphatic heterocycles. The molecule has 1 aromatic heterocycles. The lowest BCUT2D eigenvalue weighted by Crippen LogP contribution is -2.01. The van der Waals surface area contributed by atoms with Crippen molar-refractivity contribution < 1.29 is 0 Å². The van der Waals surface area contributed by atoms with E-state index in [-0.39, 0.29) is 0 Å². The molecular weight excluding hydrogens is 254 g/mol. The number of nitrogens with two attached hydrogens (primary N) is 1. The van der Waals surface area contributed by atoms with Gasteiger partial charge in [0.25, 0.3) is 0 Å². The van der Waals surface area contributed by atoms with Crippen molar-refractivity contribution in [2.24, 2.45) is 0 Å². The largest absolute Gasteiger partial charge is 0.398 e. The Morgan fingerprint density at radius 3 is 2.94 bits per heavy atom. The second-order valence-corrected chi connectivity index (χ2v) is 5.27. The second-order valence-electron chi connectivity index (χ2n) is 3.70. The number of imidazole rings is 1. The van der Waals surface area contributed by atoms with Crippen LogP contribution in [0.5, 0.6) is 0 Å². The summed E-state index contributed by atoms with van der Waals surface area (Å²) in [5.74, 6) is 2.00. The first kappa shape index (κ1) is 12.3. The summed E-state index contributed by atoms with van der Waals surface area (Å²) in [5.41, 5.74) is 6.63. The molecule has 2 aromatic rings. The van der Waals surface area contributed by atoms with Crippen molar-refractivity contribution in [2.45, 2.75) is 18.4 Å². The number of hydrogen-bond donors (Lipinski definition) is 1. The molecule has 1 aromatic carbocycles. The maximum absolute atomic E-state index is 5.89. The lowest BCUT2D eigenvalue weighted by atomic mass is 10.3. The topological polar surface area (TPSA) is 43.8 Å². The minimum absolute atomic E-state index is 0.678. The molecule has 5 heteroatoms. The number of thioether (sulfide) groups is 1. The van der Waals surface area contributed by atoms with E-state index < -0.39 is 0 Å². The molecular formula is C12H14ClN3S. The maximum atomic E-state index is 5.89. The Bertz CT molecular complexity index is 510. The molecule has 0 amide bonds. The fourth-order valence-electron chi connectivity index (χ4n) is 1.54. The number of nitrogens with zero attached hydrogens (tertiary/aromatic N) is 2. The Hall–Kier alpha value is -1.13. The third kappa shape index (κ3) is 3.17. The summed E-state index contributed by atoms with van der Waals surface area (Å²) in [6.45, 7) is 2.93. The van der Waals surface area contributed by atoms with Gasteiger partial charge in [0, 0.05) is 40.3 Å². The SMILES string of the molecule is Cc1nccn1CCSc1ccc(Cl)cc1N. The fraction of sp³-hybridized carbons (Fsp3) is 0.250. The Kier molecular flexibility index (Phi) is 3.97. The molecule has 0 bridgehead atoms. The van der Waals surface area contributed by atoms with E-state index in [1.807, 2.05) is 31.5 Å². The van der Waals surface area contributed by atoms with Crippen molar-refractivity contribution in [2.75, 3.05) is 11.5 Å². The summed E-state index contributed by atoms with van der Waals surface area (Å²) in [6.07, 6.45) is 3.80. The van der Waals surface area contributed by atoms with Gasteiger partial charge in [0.2, 0.25) is 0 Å². The Morgan fingerprint density at radius 2 is 2.29 bits per heavy atom. The van der Waals surface area contributed by atoms with Crippen LogP contribution in [0.15, 0.2) is 35.5 Å². The number of aromatic nitrogens is 2. The van der Waals surface area contributed by atoms with E-state index in [1.54, 1.807) is 17.8 Å². The Morgan fingerprint density at radius 1 is 1.47 bits per heavy atom. The van der Waals surface area contributed by atoms with E-state index >= 15 is 0 Å². The molecule has 0 spiro atoms. The van der Waals surface area contributed by atoms with Gasteiger partial charge in [0.05, 0.1) is 0 Å². The van der Waals surface area contributed by atoms with Gasteiger partial charge in [0.15, 0.2) is 0 Å². The van der Waals surface area contributed by atoms with Crippen LogP contribution >= 0.6 is 23.4 Å². The number of nitrogen functional groups attached to an aromatic ring is 1. The maximum Gasteiger partial charge on any atom is 0.105 e. The molecule has 2 N–H and O–H groups in total. The lowest BCUT2D eigenvalue weighted by molar-refractivity contribution is 0.738. The Balaban J connectivity index is 1.92. The number of rotatable bonds is 4. The van der Waals surface area contributed by atoms with Crippen LogP contribution in [-0.2, 0) is 6.54 Å². The van der Waals surface area contributed by atoms with Gasteiger partial charge in [-0.25, -0.2) is 4.98 Å². The van der Waals surface area contributed by atoms with Gasteiger partial charge in [-0.1, -0.05) is 11.6 Å². The van der Waals surface area contributed by atoms with Crippen molar-refractivity contribution in [1.29, 1.82) is 0 Å². The van der Waals surface area contributed by atoms with Crippen LogP contribution in [-0.4, -0.2) is 15.3 Å². The summed E-state index contributed by atoms with van der Waals surface area (Å²) in [5, 5.41) is 0.678. The summed E-state index contributed by atoms with van der Waals surface area (Å²) >= 11 is 7.58. The molecule has 1 heterocycles. The van der Waals surface area contributed by atoms with Gasteiger partial charge in [-0.2, -0.15) is 0 Å². The van der Waals surface area contributed by atoms with E-state index in [0.29, 0.717) is 5.02 Å². The minimum Gasteiger partial charge on any atom is -0.398 e. The molecule has 0 fully saturated rings. The van der Waals surface area contributed by atoms with Crippen LogP contribution in [0.2, 0.25) is 5.02 Å². The predicted octanol–water partition coefficient (Wildman–Crippen LogP) is 3.22. The zero-order valence-electron chi connectivity index (χ0n) is 9.56. The average molecular weight is 268 g/mol. The highest BCUT2D eigenvalue weighted by Gasteiger charge is 2.02. The summed E-state index contributed by atoms with van der Waals surface area (Å²) in [4.78, 5) is 5.26. The van der Waals surface area contributed by atoms with Gasteiger partial charge in [0.1, 0.15) is 5.82 Å². The second kappa shape index (κ2) is 5.47. The normalized spacial score (nSPS) is 10.7. The van der Waals surface area contributed by atoms with Gasteiger partial charge in [-0.05, 0) is 25.1 Å². The summed E-state index contributed by atoms with van der Waals surface area (Å²) < 4.78 is 2.12. The van der Waals surface area contributed by atoms with Crippen molar-refractivity contribution in [3.05, 3.63) is 41.4 Å². The molecule has 0 unspecified atom stereocenters. The third-order valence-corrected chi connectivity index (χ3v) is 3.79.